The van der Waals surface area contributed by atoms with E-state index in [0.29, 0.717) is 25.1 Å². The van der Waals surface area contributed by atoms with Gasteiger partial charge in [-0.05, 0) is 65.4 Å². The van der Waals surface area contributed by atoms with Crippen molar-refractivity contribution in [3.8, 4) is 11.1 Å². The SMILES string of the molecule is C=C(/C=C/c1cccc(N(Cc2ccc(-c3ccc(NC)cc3)cc2)C(=O)[C@@H]2CCCC[C@@H]2O)c1)OC. The van der Waals surface area contributed by atoms with Crippen LogP contribution in [-0.4, -0.2) is 31.3 Å². The standard InChI is InChI=1S/C32H36N2O3/c1-23(37-3)11-12-24-7-6-8-29(21-24)34(32(36)30-9-4-5-10-31(30)35)22-25-13-15-26(16-14-25)27-17-19-28(33-2)20-18-27/h6-8,11-21,30-31,33,35H,1,4-5,9-10,22H2,2-3H3/b12-11+/t30-,31+/m1/s1. The molecule has 1 aliphatic rings. The molecule has 192 valence electrons. The van der Waals surface area contributed by atoms with Gasteiger partial charge in [0.1, 0.15) is 5.76 Å². The Morgan fingerprint density at radius 3 is 2.38 bits per heavy atom. The van der Waals surface area contributed by atoms with Crippen molar-refractivity contribution in [2.24, 2.45) is 5.92 Å². The minimum absolute atomic E-state index is 0.0265. The lowest BCUT2D eigenvalue weighted by Crippen LogP contribution is -2.42. The van der Waals surface area contributed by atoms with E-state index in [1.807, 2.05) is 42.3 Å². The number of hydrogen-bond donors (Lipinski definition) is 2. The third-order valence-corrected chi connectivity index (χ3v) is 7.02. The Morgan fingerprint density at radius 2 is 1.73 bits per heavy atom. The highest BCUT2D eigenvalue weighted by molar-refractivity contribution is 5.95. The number of methoxy groups -OCH3 is 1. The molecule has 1 saturated carbocycles. The lowest BCUT2D eigenvalue weighted by atomic mass is 9.85. The highest BCUT2D eigenvalue weighted by atomic mass is 16.5. The summed E-state index contributed by atoms with van der Waals surface area (Å²) in [7, 11) is 3.49. The van der Waals surface area contributed by atoms with Crippen LogP contribution in [-0.2, 0) is 16.1 Å². The minimum Gasteiger partial charge on any atom is -0.497 e. The van der Waals surface area contributed by atoms with Crippen molar-refractivity contribution in [3.63, 3.8) is 0 Å². The molecule has 5 nitrogen and oxygen atoms in total. The zero-order valence-corrected chi connectivity index (χ0v) is 21.7. The van der Waals surface area contributed by atoms with Gasteiger partial charge >= 0.3 is 0 Å². The number of anilines is 2. The number of allylic oxidation sites excluding steroid dienone is 1. The number of benzene rings is 3. The molecule has 1 aliphatic carbocycles. The molecule has 0 unspecified atom stereocenters. The molecule has 0 saturated heterocycles. The number of hydrogen-bond acceptors (Lipinski definition) is 4. The zero-order valence-electron chi connectivity index (χ0n) is 21.7. The highest BCUT2D eigenvalue weighted by Crippen LogP contribution is 2.30. The van der Waals surface area contributed by atoms with E-state index in [1.54, 1.807) is 13.2 Å². The summed E-state index contributed by atoms with van der Waals surface area (Å²) in [5.74, 6) is 0.150. The maximum absolute atomic E-state index is 13.8. The van der Waals surface area contributed by atoms with Gasteiger partial charge in [0, 0.05) is 18.4 Å². The van der Waals surface area contributed by atoms with Crippen LogP contribution in [0.1, 0.15) is 36.8 Å². The lowest BCUT2D eigenvalue weighted by Gasteiger charge is -2.32. The minimum atomic E-state index is -0.597. The molecule has 2 atom stereocenters. The van der Waals surface area contributed by atoms with Crippen LogP contribution in [0.2, 0.25) is 0 Å². The van der Waals surface area contributed by atoms with Crippen LogP contribution in [0.15, 0.2) is 91.2 Å². The molecule has 37 heavy (non-hydrogen) atoms. The molecule has 0 radical (unpaired) electrons. The molecule has 0 spiro atoms. The van der Waals surface area contributed by atoms with Crippen LogP contribution < -0.4 is 10.2 Å². The normalized spacial score (nSPS) is 17.4. The summed E-state index contributed by atoms with van der Waals surface area (Å²) >= 11 is 0. The molecule has 1 amide bonds. The van der Waals surface area contributed by atoms with E-state index in [1.165, 1.54) is 0 Å². The number of rotatable bonds is 9. The second kappa shape index (κ2) is 12.4. The second-order valence-corrected chi connectivity index (χ2v) is 9.51. The van der Waals surface area contributed by atoms with Crippen molar-refractivity contribution >= 4 is 23.4 Å². The van der Waals surface area contributed by atoms with E-state index in [9.17, 15) is 9.90 Å². The van der Waals surface area contributed by atoms with Crippen molar-refractivity contribution < 1.29 is 14.6 Å². The first-order valence-corrected chi connectivity index (χ1v) is 12.9. The van der Waals surface area contributed by atoms with Gasteiger partial charge in [0.05, 0.1) is 25.7 Å². The first-order chi connectivity index (χ1) is 18.0. The molecule has 0 aromatic heterocycles. The number of ether oxygens (including phenoxy) is 1. The summed E-state index contributed by atoms with van der Waals surface area (Å²) in [6.45, 7) is 4.26. The van der Waals surface area contributed by atoms with Gasteiger partial charge in [-0.3, -0.25) is 4.79 Å². The second-order valence-electron chi connectivity index (χ2n) is 9.51. The number of nitrogens with zero attached hydrogens (tertiary/aromatic N) is 1. The zero-order chi connectivity index (χ0) is 26.2. The molecule has 4 rings (SSSR count). The average Bonchev–Trinajstić information content (AvgIpc) is 2.95. The van der Waals surface area contributed by atoms with Gasteiger partial charge < -0.3 is 20.1 Å². The maximum atomic E-state index is 13.8. The fraction of sp³-hybridized carbons (Fsp3) is 0.281. The molecular formula is C32H36N2O3. The van der Waals surface area contributed by atoms with E-state index in [-0.39, 0.29) is 11.8 Å². The van der Waals surface area contributed by atoms with Crippen LogP contribution >= 0.6 is 0 Å². The maximum Gasteiger partial charge on any atom is 0.233 e. The Balaban J connectivity index is 1.61. The predicted octanol–water partition coefficient (Wildman–Crippen LogP) is 6.65. The number of carbonyl (C=O) groups excluding carboxylic acids is 1. The van der Waals surface area contributed by atoms with E-state index in [4.69, 9.17) is 4.74 Å². The molecular weight excluding hydrogens is 460 g/mol. The quantitative estimate of drug-likeness (QED) is 0.257. The van der Waals surface area contributed by atoms with Crippen LogP contribution in [0.5, 0.6) is 0 Å². The van der Waals surface area contributed by atoms with Crippen molar-refractivity contribution in [3.05, 3.63) is 102 Å². The number of aliphatic hydroxyl groups excluding tert-OH is 1. The van der Waals surface area contributed by atoms with Gasteiger partial charge in [0.25, 0.3) is 0 Å². The summed E-state index contributed by atoms with van der Waals surface area (Å²) in [5.41, 5.74) is 6.11. The molecule has 0 heterocycles. The first-order valence-electron chi connectivity index (χ1n) is 12.9. The Labute approximate surface area is 220 Å². The predicted molar refractivity (Wildman–Crippen MR) is 152 cm³/mol. The lowest BCUT2D eigenvalue weighted by molar-refractivity contribution is -0.127. The molecule has 0 aliphatic heterocycles. The average molecular weight is 497 g/mol. The van der Waals surface area contributed by atoms with Gasteiger partial charge in [-0.15, -0.1) is 0 Å². The largest absolute Gasteiger partial charge is 0.497 e. The van der Waals surface area contributed by atoms with Gasteiger partial charge in [0.15, 0.2) is 0 Å². The van der Waals surface area contributed by atoms with Crippen molar-refractivity contribution in [1.29, 1.82) is 0 Å². The number of nitrogens with one attached hydrogen (secondary N) is 1. The fourth-order valence-electron chi connectivity index (χ4n) is 4.76. The topological polar surface area (TPSA) is 61.8 Å². The van der Waals surface area contributed by atoms with Crippen LogP contribution in [0, 0.1) is 5.92 Å². The summed E-state index contributed by atoms with van der Waals surface area (Å²) in [5, 5.41) is 13.8. The Bertz CT molecular complexity index is 1230. The summed E-state index contributed by atoms with van der Waals surface area (Å²) in [6.07, 6.45) is 6.44. The number of aliphatic hydroxyl groups is 1. The number of amides is 1. The van der Waals surface area contributed by atoms with Crippen LogP contribution in [0.25, 0.3) is 17.2 Å². The monoisotopic (exact) mass is 496 g/mol. The molecule has 3 aromatic carbocycles. The van der Waals surface area contributed by atoms with Crippen LogP contribution in [0.4, 0.5) is 11.4 Å². The highest BCUT2D eigenvalue weighted by Gasteiger charge is 2.33. The summed E-state index contributed by atoms with van der Waals surface area (Å²) < 4.78 is 5.13. The molecule has 0 bridgehead atoms. The molecule has 1 fully saturated rings. The number of carbonyl (C=O) groups is 1. The summed E-state index contributed by atoms with van der Waals surface area (Å²) in [6, 6.07) is 24.5. The Morgan fingerprint density at radius 1 is 1.05 bits per heavy atom. The van der Waals surface area contributed by atoms with E-state index in [2.05, 4.69) is 60.4 Å². The van der Waals surface area contributed by atoms with Gasteiger partial charge in [-0.25, -0.2) is 0 Å². The third kappa shape index (κ3) is 6.69. The first kappa shape index (κ1) is 26.2. The molecule has 2 N–H and O–H groups in total. The van der Waals surface area contributed by atoms with Crippen molar-refractivity contribution in [2.45, 2.75) is 38.3 Å². The van der Waals surface area contributed by atoms with Gasteiger partial charge in [-0.2, -0.15) is 0 Å². The van der Waals surface area contributed by atoms with Crippen LogP contribution in [0.3, 0.4) is 0 Å². The van der Waals surface area contributed by atoms with Gasteiger partial charge in [0.2, 0.25) is 5.91 Å². The van der Waals surface area contributed by atoms with E-state index < -0.39 is 6.10 Å². The fourth-order valence-corrected chi connectivity index (χ4v) is 4.76. The molecule has 3 aromatic rings. The third-order valence-electron chi connectivity index (χ3n) is 7.02. The van der Waals surface area contributed by atoms with Gasteiger partial charge in [-0.1, -0.05) is 74.0 Å². The van der Waals surface area contributed by atoms with Crippen molar-refractivity contribution in [1.82, 2.24) is 0 Å². The Hall–Kier alpha value is -3.83. The summed E-state index contributed by atoms with van der Waals surface area (Å²) in [4.78, 5) is 15.6. The van der Waals surface area contributed by atoms with E-state index >= 15 is 0 Å². The molecule has 5 heteroatoms. The van der Waals surface area contributed by atoms with E-state index in [0.717, 1.165) is 46.5 Å². The Kier molecular flexibility index (Phi) is 8.81. The smallest absolute Gasteiger partial charge is 0.233 e. The van der Waals surface area contributed by atoms with Crippen molar-refractivity contribution in [2.75, 3.05) is 24.4 Å².